The molecule has 0 unspecified atom stereocenters. The number of nitrogens with zero attached hydrogens (tertiary/aromatic N) is 21. The molecule has 15 aromatic rings. The highest BCUT2D eigenvalue weighted by molar-refractivity contribution is 5.98. The Labute approximate surface area is 836 Å². The number of H-pyrrole nitrogens is 2. The summed E-state index contributed by atoms with van der Waals surface area (Å²) in [4.78, 5) is 86.4. The molecule has 1 fully saturated rings. The number of aromatic nitrogens is 13. The number of anilines is 5. The summed E-state index contributed by atoms with van der Waals surface area (Å²) in [6, 6.07) is 63.3. The first kappa shape index (κ1) is 106. The van der Waals surface area contributed by atoms with Crippen LogP contribution in [0.2, 0.25) is 0 Å². The molecule has 0 aliphatic carbocycles. The van der Waals surface area contributed by atoms with Gasteiger partial charge in [0.2, 0.25) is 11.6 Å². The highest BCUT2D eigenvalue weighted by Gasteiger charge is 2.27. The fourth-order valence-corrected chi connectivity index (χ4v) is 15.5. The minimum Gasteiger partial charge on any atom is -0.507 e. The number of tetrazole rings is 1. The van der Waals surface area contributed by atoms with Gasteiger partial charge in [0.05, 0.1) is 53.5 Å². The Morgan fingerprint density at radius 3 is 1.32 bits per heavy atom. The number of carbonyl (C=O) groups is 5. The van der Waals surface area contributed by atoms with Gasteiger partial charge in [-0.1, -0.05) is 114 Å². The van der Waals surface area contributed by atoms with Gasteiger partial charge in [0.15, 0.2) is 16.8 Å². The summed E-state index contributed by atoms with van der Waals surface area (Å²) in [5, 5.41) is 109. The zero-order valence-electron chi connectivity index (χ0n) is 82.3. The molecule has 1 aliphatic heterocycles. The van der Waals surface area contributed by atoms with E-state index in [4.69, 9.17) is 10.3 Å². The number of aromatic amines is 2. The van der Waals surface area contributed by atoms with Crippen LogP contribution in [0.5, 0.6) is 28.7 Å². The average molecular weight is 1970 g/mol. The third-order valence-electron chi connectivity index (χ3n) is 23.3. The van der Waals surface area contributed by atoms with Crippen molar-refractivity contribution in [2.45, 2.75) is 115 Å². The van der Waals surface area contributed by atoms with Crippen LogP contribution in [-0.2, 0) is 29.2 Å². The van der Waals surface area contributed by atoms with E-state index in [2.05, 4.69) is 184 Å². The molecule has 0 radical (unpaired) electrons. The Balaban J connectivity index is 0.000000163. The fraction of sp³-hybridized carbons (Fsp3) is 0.260. The molecule has 0 saturated carbocycles. The van der Waals surface area contributed by atoms with Gasteiger partial charge in [0.25, 0.3) is 29.5 Å². The van der Waals surface area contributed by atoms with Gasteiger partial charge < -0.3 is 60.0 Å². The van der Waals surface area contributed by atoms with Gasteiger partial charge >= 0.3 is 0 Å². The summed E-state index contributed by atoms with van der Waals surface area (Å²) in [5.41, 5.74) is 31.5. The number of rotatable bonds is 34. The van der Waals surface area contributed by atoms with Crippen LogP contribution < -0.4 is 57.9 Å². The largest absolute Gasteiger partial charge is 0.507 e. The van der Waals surface area contributed by atoms with Gasteiger partial charge in [0, 0.05) is 161 Å². The molecule has 0 atom stereocenters. The molecule has 5 amide bonds. The van der Waals surface area contributed by atoms with Crippen molar-refractivity contribution in [3.63, 3.8) is 0 Å². The van der Waals surface area contributed by atoms with Gasteiger partial charge in [0.1, 0.15) is 59.5 Å². The number of hydrogen-bond donors (Lipinski definition) is 13. The predicted octanol–water partition coefficient (Wildman–Crippen LogP) is 13.3. The molecular weight excluding hydrogens is 1850 g/mol. The van der Waals surface area contributed by atoms with Crippen molar-refractivity contribution in [3.8, 4) is 57.2 Å². The Hall–Kier alpha value is -18.0. The molecule has 6 aromatic heterocycles. The van der Waals surface area contributed by atoms with Crippen molar-refractivity contribution in [2.24, 2.45) is 25.5 Å². The van der Waals surface area contributed by atoms with E-state index in [1.165, 1.54) is 59.7 Å². The fourth-order valence-electron chi connectivity index (χ4n) is 15.5. The highest BCUT2D eigenvalue weighted by Crippen LogP contribution is 2.31. The smallest absolute Gasteiger partial charge is 0.293 e. The molecular formula is C104H119N29O12. The molecule has 16 rings (SSSR count). The van der Waals surface area contributed by atoms with Crippen molar-refractivity contribution in [3.05, 3.63) is 291 Å². The van der Waals surface area contributed by atoms with Crippen molar-refractivity contribution >= 4 is 111 Å². The van der Waals surface area contributed by atoms with E-state index < -0.39 is 23.6 Å². The van der Waals surface area contributed by atoms with Crippen LogP contribution in [0.4, 0.5) is 28.4 Å². The number of likely N-dealkylation sites (tertiary alicyclic amines) is 1. The maximum Gasteiger partial charge on any atom is 0.293 e. The topological polar surface area (TPSA) is 530 Å². The number of fused-ring (bicyclic) bond motifs is 2. The quantitative estimate of drug-likeness (QED) is 0.0101. The van der Waals surface area contributed by atoms with Gasteiger partial charge in [-0.15, -0.1) is 15.3 Å². The second-order valence-corrected chi connectivity index (χ2v) is 32.9. The first-order chi connectivity index (χ1) is 70.3. The number of para-hydroxylation sites is 2. The first-order valence-corrected chi connectivity index (χ1v) is 47.4. The monoisotopic (exact) mass is 1970 g/mol. The number of aryl methyl sites for hydroxylation is 2. The number of amides is 5. The van der Waals surface area contributed by atoms with Crippen LogP contribution in [0, 0.1) is 13.8 Å². The van der Waals surface area contributed by atoms with Gasteiger partial charge in [-0.25, -0.2) is 27.1 Å². The number of nitrogens with one attached hydrogen (secondary N) is 7. The SMILES string of the molecule is CCN(CC)c1ccc(/C=N/NC(=O)Cn2c3ccccc3c(=O)c3ccccc32)c(O)c1.CCN(CC)c1ccc(/C=N/NC(=O)Cn2nnc(-c3ccccc3)n2)c(O)c1.CCN(CC)c1ccc(/C=N/NC(=O)c2cc(C)[nH]n2)c(O)c1.CCN(CC)c1ccc(/C=N\NC(=O)c2nnn(-c3nocc3N)c2CN2CCCCCC2)c(O)c1.Cc1ccc(/C=N/NC(=O)c2cc(-c3ccccc3)n[nH]2)c(O)c1. The van der Waals surface area contributed by atoms with E-state index in [1.807, 2.05) is 146 Å². The second-order valence-electron chi connectivity index (χ2n) is 32.9. The Morgan fingerprint density at radius 2 is 0.883 bits per heavy atom. The van der Waals surface area contributed by atoms with Crippen molar-refractivity contribution in [2.75, 3.05) is 90.8 Å². The molecule has 145 heavy (non-hydrogen) atoms. The summed E-state index contributed by atoms with van der Waals surface area (Å²) < 4.78 is 8.23. The normalized spacial score (nSPS) is 12.0. The lowest BCUT2D eigenvalue weighted by Gasteiger charge is -2.21. The van der Waals surface area contributed by atoms with Crippen LogP contribution >= 0.6 is 0 Å². The third kappa shape index (κ3) is 29.1. The summed E-state index contributed by atoms with van der Waals surface area (Å²) in [5.74, 6) is -0.876. The van der Waals surface area contributed by atoms with Gasteiger partial charge in [-0.2, -0.15) is 45.2 Å². The highest BCUT2D eigenvalue weighted by atomic mass is 16.5. The maximum absolute atomic E-state index is 13.0. The minimum absolute atomic E-state index is 0.00841. The molecule has 14 N–H and O–H groups in total. The lowest BCUT2D eigenvalue weighted by Crippen LogP contribution is -2.28. The number of nitrogen functional groups attached to an aromatic ring is 1. The third-order valence-corrected chi connectivity index (χ3v) is 23.3. The first-order valence-electron chi connectivity index (χ1n) is 47.4. The number of hydrazone groups is 5. The standard InChI is InChI=1S/C26H26N4O3.C24H33N9O3.C20H23N7O2.C18H16N4O2.C16H21N5O2/c1-3-29(4-2)19-14-13-18(24(31)15-19)16-27-28-25(32)17-30-22-11-7-5-9-20(22)26(33)21-10-6-8-12-23(21)30;1-3-32(4-2)18-10-9-17(21(34)13-18)14-26-28-24(35)22-20(15-31-11-7-5-6-8-12-31)33(30-27-22)23-19(25)16-36-29-23;1-3-26(4-2)17-11-10-16(18(28)12-17)13-21-22-19(29)14-27-24-20(23-25-27)15-8-6-5-7-9-15;1-12-7-8-14(17(23)9-12)11-19-22-18(24)16-10-15(20-21-16)13-5-3-2-4-6-13;1-4-21(5-2)13-7-6-12(15(22)9-13)10-17-20-16(23)14-8-11(3)18-19-14/h5-16,31H,3-4,17H2,1-2H3,(H,28,32);9-10,13-14,16,34H,3-8,11-12,15,25H2,1-2H3,(H,28,35);5-13,28H,3-4,14H2,1-2H3,(H,22,29);2-11,23H,1H3,(H,20,21)(H,22,24);6-10,22H,4-5H2,1-3H3,(H,18,19)(H,20,23)/b27-16+;26-14-;21-13+;19-11+;17-10+. The summed E-state index contributed by atoms with van der Waals surface area (Å²) >= 11 is 0. The Morgan fingerprint density at radius 1 is 0.455 bits per heavy atom. The number of carbonyl (C=O) groups excluding carboxylic acids is 5. The molecule has 0 spiro atoms. The van der Waals surface area contributed by atoms with Crippen molar-refractivity contribution in [1.29, 1.82) is 0 Å². The van der Waals surface area contributed by atoms with E-state index in [0.29, 0.717) is 84.8 Å². The predicted molar refractivity (Wildman–Crippen MR) is 562 cm³/mol. The van der Waals surface area contributed by atoms with Gasteiger partial charge in [-0.05, 0) is 203 Å². The molecule has 7 heterocycles. The zero-order chi connectivity index (χ0) is 103. The number of benzene rings is 9. The van der Waals surface area contributed by atoms with E-state index in [-0.39, 0.29) is 70.4 Å². The Bertz CT molecular complexity index is 7020. The van der Waals surface area contributed by atoms with Crippen LogP contribution in [0.15, 0.2) is 253 Å². The lowest BCUT2D eigenvalue weighted by molar-refractivity contribution is -0.122. The van der Waals surface area contributed by atoms with E-state index in [0.717, 1.165) is 123 Å². The molecule has 41 nitrogen and oxygen atoms in total. The number of nitrogens with two attached hydrogens (primary N) is 1. The second kappa shape index (κ2) is 52.8. The average Bonchev–Trinajstić information content (AvgIpc) is 1.28. The van der Waals surface area contributed by atoms with Gasteiger partial charge in [-0.3, -0.25) is 43.9 Å². The molecule has 41 heteroatoms. The maximum atomic E-state index is 13.0. The summed E-state index contributed by atoms with van der Waals surface area (Å²) in [7, 11) is 0. The summed E-state index contributed by atoms with van der Waals surface area (Å²) in [6.45, 7) is 29.1. The van der Waals surface area contributed by atoms with Crippen LogP contribution in [-0.4, -0.2) is 222 Å². The molecule has 9 aromatic carbocycles. The Kier molecular flexibility index (Phi) is 38.5. The van der Waals surface area contributed by atoms with Crippen LogP contribution in [0.3, 0.4) is 0 Å². The number of phenolic OH excluding ortho intramolecular Hbond substituents is 5. The molecule has 0 bridgehead atoms. The number of hydrogen-bond acceptors (Lipinski definition) is 31. The number of aromatic hydroxyl groups is 5. The van der Waals surface area contributed by atoms with Crippen LogP contribution in [0.1, 0.15) is 157 Å². The zero-order valence-corrected chi connectivity index (χ0v) is 82.3. The summed E-state index contributed by atoms with van der Waals surface area (Å²) in [6.07, 6.45) is 12.9. The van der Waals surface area contributed by atoms with Crippen LogP contribution in [0.25, 0.3) is 50.3 Å². The van der Waals surface area contributed by atoms with E-state index in [1.54, 1.807) is 84.9 Å². The molecule has 1 saturated heterocycles. The number of pyridine rings is 1. The molecule has 752 valence electrons. The van der Waals surface area contributed by atoms with Crippen molar-refractivity contribution < 1.29 is 54.0 Å². The minimum atomic E-state index is -0.524. The van der Waals surface area contributed by atoms with Crippen molar-refractivity contribution in [1.82, 2.24) is 97.3 Å². The lowest BCUT2D eigenvalue weighted by atomic mass is 10.1. The van der Waals surface area contributed by atoms with E-state index >= 15 is 0 Å². The molecule has 1 aliphatic rings. The number of phenols is 5. The van der Waals surface area contributed by atoms with E-state index in [9.17, 15) is 54.3 Å².